The summed E-state index contributed by atoms with van der Waals surface area (Å²) in [5.41, 5.74) is 16.0. The normalized spacial score (nSPS) is 15.5. The number of hydrogen-bond acceptors (Lipinski definition) is 7. The minimum Gasteiger partial charge on any atom is -0.480 e. The molecule has 188 valence electrons. The van der Waals surface area contributed by atoms with E-state index in [9.17, 15) is 33.9 Å². The molecule has 0 rings (SSSR count). The topological polar surface area (TPSA) is 237 Å². The highest BCUT2D eigenvalue weighted by atomic mass is 16.4. The minimum absolute atomic E-state index is 0.131. The van der Waals surface area contributed by atoms with E-state index in [1.807, 2.05) is 6.92 Å². The van der Waals surface area contributed by atoms with Crippen LogP contribution in [0.15, 0.2) is 0 Å². The van der Waals surface area contributed by atoms with Crippen LogP contribution in [0.2, 0.25) is 0 Å². The average Bonchev–Trinajstić information content (AvgIpc) is 2.71. The fourth-order valence-corrected chi connectivity index (χ4v) is 2.79. The van der Waals surface area contributed by atoms with Crippen molar-refractivity contribution in [2.24, 2.45) is 29.0 Å². The Morgan fingerprint density at radius 3 is 1.79 bits per heavy atom. The van der Waals surface area contributed by atoms with E-state index in [1.54, 1.807) is 20.8 Å². The smallest absolute Gasteiger partial charge is 0.326 e. The van der Waals surface area contributed by atoms with Gasteiger partial charge in [0.2, 0.25) is 29.5 Å². The first-order chi connectivity index (χ1) is 15.2. The van der Waals surface area contributed by atoms with Crippen molar-refractivity contribution >= 4 is 35.5 Å². The summed E-state index contributed by atoms with van der Waals surface area (Å²) in [5.74, 6) is -5.96. The fraction of sp³-hybridized carbons (Fsp3) is 0.700. The lowest BCUT2D eigenvalue weighted by Crippen LogP contribution is -2.59. The summed E-state index contributed by atoms with van der Waals surface area (Å²) in [4.78, 5) is 71.5. The van der Waals surface area contributed by atoms with E-state index in [2.05, 4.69) is 16.0 Å². The lowest BCUT2D eigenvalue weighted by Gasteiger charge is -2.27. The molecule has 0 aromatic heterocycles. The van der Waals surface area contributed by atoms with Crippen molar-refractivity contribution in [1.82, 2.24) is 16.0 Å². The molecule has 0 saturated heterocycles. The number of aliphatic carboxylic acids is 1. The Balaban J connectivity index is 5.56. The van der Waals surface area contributed by atoms with Crippen molar-refractivity contribution in [2.45, 2.75) is 77.5 Å². The molecule has 13 nitrogen and oxygen atoms in total. The van der Waals surface area contributed by atoms with E-state index < -0.39 is 66.1 Å². The number of carbonyl (C=O) groups excluding carboxylic acids is 5. The highest BCUT2D eigenvalue weighted by Crippen LogP contribution is 2.09. The van der Waals surface area contributed by atoms with Crippen LogP contribution in [0.25, 0.3) is 0 Å². The molecule has 0 spiro atoms. The first-order valence-electron chi connectivity index (χ1n) is 10.7. The standard InChI is InChI=1S/C20H36N6O7/c1-5-10(4)15(23)18(30)26-16(9(2)3)19(31)24-11(6-7-13(21)27)17(29)25-12(20(32)33)8-14(22)28/h9-12,15-16H,5-8,23H2,1-4H3,(H2,21,27)(H2,22,28)(H,24,31)(H,25,29)(H,26,30)(H,32,33). The molecule has 0 bridgehead atoms. The molecule has 0 aliphatic rings. The Morgan fingerprint density at radius 2 is 1.36 bits per heavy atom. The molecule has 0 heterocycles. The molecule has 0 radical (unpaired) electrons. The van der Waals surface area contributed by atoms with Gasteiger partial charge in [0, 0.05) is 6.42 Å². The molecule has 0 saturated carbocycles. The Morgan fingerprint density at radius 1 is 0.818 bits per heavy atom. The Hall–Kier alpha value is -3.22. The van der Waals surface area contributed by atoms with Crippen LogP contribution in [0.5, 0.6) is 0 Å². The van der Waals surface area contributed by atoms with Gasteiger partial charge in [-0.05, 0) is 18.3 Å². The van der Waals surface area contributed by atoms with E-state index in [0.29, 0.717) is 6.42 Å². The van der Waals surface area contributed by atoms with Crippen molar-refractivity contribution in [1.29, 1.82) is 0 Å². The summed E-state index contributed by atoms with van der Waals surface area (Å²) in [6.45, 7) is 7.01. The number of rotatable bonds is 15. The summed E-state index contributed by atoms with van der Waals surface area (Å²) < 4.78 is 0. The second kappa shape index (κ2) is 14.0. The molecule has 33 heavy (non-hydrogen) atoms. The molecule has 0 aliphatic heterocycles. The molecule has 0 aliphatic carbocycles. The zero-order chi connectivity index (χ0) is 25.9. The number of nitrogens with two attached hydrogens (primary N) is 3. The van der Waals surface area contributed by atoms with Crippen LogP contribution >= 0.6 is 0 Å². The van der Waals surface area contributed by atoms with Crippen molar-refractivity contribution in [2.75, 3.05) is 0 Å². The van der Waals surface area contributed by atoms with Crippen LogP contribution < -0.4 is 33.2 Å². The number of carboxylic acid groups (broad SMARTS) is 1. The number of hydrogen-bond donors (Lipinski definition) is 7. The number of amides is 5. The first-order valence-corrected chi connectivity index (χ1v) is 10.7. The van der Waals surface area contributed by atoms with E-state index in [0.717, 1.165) is 0 Å². The number of nitrogens with one attached hydrogen (secondary N) is 3. The molecular formula is C20H36N6O7. The van der Waals surface area contributed by atoms with Gasteiger partial charge in [-0.3, -0.25) is 24.0 Å². The van der Waals surface area contributed by atoms with Gasteiger partial charge in [0.05, 0.1) is 12.5 Å². The molecule has 5 unspecified atom stereocenters. The van der Waals surface area contributed by atoms with Crippen molar-refractivity contribution < 1.29 is 33.9 Å². The summed E-state index contributed by atoms with van der Waals surface area (Å²) >= 11 is 0. The van der Waals surface area contributed by atoms with Crippen LogP contribution in [-0.2, 0) is 28.8 Å². The third-order valence-electron chi connectivity index (χ3n) is 5.14. The predicted octanol–water partition coefficient (Wildman–Crippen LogP) is -2.30. The number of carbonyl (C=O) groups is 6. The van der Waals surface area contributed by atoms with Gasteiger partial charge in [0.15, 0.2) is 0 Å². The lowest BCUT2D eigenvalue weighted by molar-refractivity contribution is -0.144. The van der Waals surface area contributed by atoms with Crippen LogP contribution in [-0.4, -0.2) is 64.8 Å². The number of primary amides is 2. The SMILES string of the molecule is CCC(C)C(N)C(=O)NC(C(=O)NC(CCC(N)=O)C(=O)NC(CC(N)=O)C(=O)O)C(C)C. The average molecular weight is 473 g/mol. The highest BCUT2D eigenvalue weighted by molar-refractivity contribution is 5.95. The predicted molar refractivity (Wildman–Crippen MR) is 118 cm³/mol. The monoisotopic (exact) mass is 472 g/mol. The van der Waals surface area contributed by atoms with E-state index >= 15 is 0 Å². The van der Waals surface area contributed by atoms with Crippen LogP contribution in [0.4, 0.5) is 0 Å². The third kappa shape index (κ3) is 10.8. The van der Waals surface area contributed by atoms with Gasteiger partial charge in [0.25, 0.3) is 0 Å². The van der Waals surface area contributed by atoms with Crippen molar-refractivity contribution in [3.05, 3.63) is 0 Å². The molecule has 0 fully saturated rings. The van der Waals surface area contributed by atoms with Crippen LogP contribution in [0.3, 0.4) is 0 Å². The van der Waals surface area contributed by atoms with Crippen LogP contribution in [0, 0.1) is 11.8 Å². The quantitative estimate of drug-likeness (QED) is 0.136. The maximum absolute atomic E-state index is 12.9. The molecule has 13 heteroatoms. The molecule has 5 atom stereocenters. The molecule has 10 N–H and O–H groups in total. The van der Waals surface area contributed by atoms with Crippen molar-refractivity contribution in [3.63, 3.8) is 0 Å². The fourth-order valence-electron chi connectivity index (χ4n) is 2.79. The molecular weight excluding hydrogens is 436 g/mol. The summed E-state index contributed by atoms with van der Waals surface area (Å²) in [7, 11) is 0. The summed E-state index contributed by atoms with van der Waals surface area (Å²) in [6, 6.07) is -4.89. The van der Waals surface area contributed by atoms with Gasteiger partial charge in [-0.15, -0.1) is 0 Å². The largest absolute Gasteiger partial charge is 0.480 e. The van der Waals surface area contributed by atoms with Crippen LogP contribution in [0.1, 0.15) is 53.4 Å². The second-order valence-electron chi connectivity index (χ2n) is 8.28. The van der Waals surface area contributed by atoms with Gasteiger partial charge in [-0.2, -0.15) is 0 Å². The Kier molecular flexibility index (Phi) is 12.7. The van der Waals surface area contributed by atoms with Gasteiger partial charge in [0.1, 0.15) is 18.1 Å². The van der Waals surface area contributed by atoms with Gasteiger partial charge in [-0.1, -0.05) is 34.1 Å². The molecule has 0 aromatic rings. The summed E-state index contributed by atoms with van der Waals surface area (Å²) in [5, 5.41) is 16.3. The minimum atomic E-state index is -1.63. The van der Waals surface area contributed by atoms with Gasteiger partial charge >= 0.3 is 5.97 Å². The first kappa shape index (κ1) is 29.8. The maximum atomic E-state index is 12.9. The molecule has 5 amide bonds. The maximum Gasteiger partial charge on any atom is 0.326 e. The Labute approximate surface area is 192 Å². The third-order valence-corrected chi connectivity index (χ3v) is 5.14. The lowest BCUT2D eigenvalue weighted by atomic mass is 9.97. The summed E-state index contributed by atoms with van der Waals surface area (Å²) in [6.07, 6.45) is -0.543. The Bertz CT molecular complexity index is 742. The van der Waals surface area contributed by atoms with E-state index in [-0.39, 0.29) is 24.7 Å². The second-order valence-corrected chi connectivity index (χ2v) is 8.28. The zero-order valence-corrected chi connectivity index (χ0v) is 19.4. The van der Waals surface area contributed by atoms with Gasteiger partial charge < -0.3 is 38.3 Å². The molecule has 0 aromatic carbocycles. The van der Waals surface area contributed by atoms with E-state index in [4.69, 9.17) is 17.2 Å². The van der Waals surface area contributed by atoms with Crippen molar-refractivity contribution in [3.8, 4) is 0 Å². The van der Waals surface area contributed by atoms with Gasteiger partial charge in [-0.25, -0.2) is 4.79 Å². The number of carboxylic acids is 1. The highest BCUT2D eigenvalue weighted by Gasteiger charge is 2.32. The zero-order valence-electron chi connectivity index (χ0n) is 19.4. The van der Waals surface area contributed by atoms with E-state index in [1.165, 1.54) is 0 Å².